The summed E-state index contributed by atoms with van der Waals surface area (Å²) in [5, 5.41) is 0. The fraction of sp³-hybridized carbons (Fsp3) is 0.600. The Bertz CT molecular complexity index is 377. The van der Waals surface area contributed by atoms with Crippen LogP contribution in [0.4, 0.5) is 0 Å². The molecule has 0 saturated heterocycles. The van der Waals surface area contributed by atoms with Gasteiger partial charge in [0.1, 0.15) is 0 Å². The zero-order valence-corrected chi connectivity index (χ0v) is 9.84. The maximum Gasteiger partial charge on any atom is 0.00762 e. The summed E-state index contributed by atoms with van der Waals surface area (Å²) in [6.45, 7) is 4.86. The first kappa shape index (κ1) is 9.45. The van der Waals surface area contributed by atoms with Crippen molar-refractivity contribution in [3.8, 4) is 0 Å². The van der Waals surface area contributed by atoms with Gasteiger partial charge in [-0.25, -0.2) is 0 Å². The largest absolute Gasteiger partial charge is 0.0839 e. The van der Waals surface area contributed by atoms with Crippen LogP contribution in [-0.2, 0) is 0 Å². The highest BCUT2D eigenvalue weighted by molar-refractivity contribution is 5.51. The Balaban J connectivity index is 2.13. The van der Waals surface area contributed by atoms with E-state index in [4.69, 9.17) is 0 Å². The van der Waals surface area contributed by atoms with E-state index in [9.17, 15) is 0 Å². The van der Waals surface area contributed by atoms with Gasteiger partial charge in [-0.3, -0.25) is 0 Å². The van der Waals surface area contributed by atoms with Crippen LogP contribution in [0, 0.1) is 11.3 Å². The van der Waals surface area contributed by atoms with Crippen molar-refractivity contribution in [2.75, 3.05) is 0 Å². The Hall–Kier alpha value is -0.780. The van der Waals surface area contributed by atoms with Gasteiger partial charge in [0.25, 0.3) is 0 Å². The zero-order chi connectivity index (χ0) is 10.5. The van der Waals surface area contributed by atoms with Crippen LogP contribution >= 0.6 is 0 Å². The van der Waals surface area contributed by atoms with Crippen molar-refractivity contribution in [2.45, 2.75) is 46.0 Å². The molecule has 0 bridgehead atoms. The molecule has 3 aliphatic rings. The normalized spacial score (nSPS) is 32.4. The highest BCUT2D eigenvalue weighted by atomic mass is 14.5. The van der Waals surface area contributed by atoms with Crippen molar-refractivity contribution in [2.24, 2.45) is 11.3 Å². The minimum Gasteiger partial charge on any atom is -0.0839 e. The Kier molecular flexibility index (Phi) is 1.95. The molecule has 0 N–H and O–H groups in total. The summed E-state index contributed by atoms with van der Waals surface area (Å²) < 4.78 is 0. The minimum atomic E-state index is 0.366. The highest BCUT2D eigenvalue weighted by Gasteiger charge is 2.43. The van der Waals surface area contributed by atoms with Gasteiger partial charge < -0.3 is 0 Å². The van der Waals surface area contributed by atoms with Crippen molar-refractivity contribution in [1.29, 1.82) is 0 Å². The summed E-state index contributed by atoms with van der Waals surface area (Å²) in [5.74, 6) is 0.778. The molecule has 0 spiro atoms. The SMILES string of the molecule is CC1(C)C2=CCCCC2C2=C1CCC=C2. The Morgan fingerprint density at radius 3 is 3.00 bits per heavy atom. The van der Waals surface area contributed by atoms with Crippen molar-refractivity contribution in [1.82, 2.24) is 0 Å². The third-order valence-electron chi connectivity index (χ3n) is 4.50. The van der Waals surface area contributed by atoms with E-state index >= 15 is 0 Å². The first-order chi connectivity index (χ1) is 7.21. The van der Waals surface area contributed by atoms with Crippen molar-refractivity contribution in [3.63, 3.8) is 0 Å². The van der Waals surface area contributed by atoms with E-state index in [1.807, 2.05) is 0 Å². The van der Waals surface area contributed by atoms with Crippen LogP contribution in [0.1, 0.15) is 46.0 Å². The number of hydrogen-bond donors (Lipinski definition) is 0. The molecule has 0 aliphatic heterocycles. The van der Waals surface area contributed by atoms with Crippen LogP contribution in [0.2, 0.25) is 0 Å². The summed E-state index contributed by atoms with van der Waals surface area (Å²) in [6.07, 6.45) is 13.9. The summed E-state index contributed by atoms with van der Waals surface area (Å²) in [6, 6.07) is 0. The first-order valence-corrected chi connectivity index (χ1v) is 6.32. The summed E-state index contributed by atoms with van der Waals surface area (Å²) >= 11 is 0. The molecule has 0 aromatic carbocycles. The lowest BCUT2D eigenvalue weighted by Gasteiger charge is -2.29. The van der Waals surface area contributed by atoms with Crippen LogP contribution < -0.4 is 0 Å². The minimum absolute atomic E-state index is 0.366. The first-order valence-electron chi connectivity index (χ1n) is 6.32. The maximum atomic E-state index is 2.53. The van der Waals surface area contributed by atoms with Gasteiger partial charge in [0, 0.05) is 11.3 Å². The van der Waals surface area contributed by atoms with Crippen molar-refractivity contribution < 1.29 is 0 Å². The van der Waals surface area contributed by atoms with E-state index in [0.717, 1.165) is 5.92 Å². The van der Waals surface area contributed by atoms with Gasteiger partial charge in [0.2, 0.25) is 0 Å². The second-order valence-corrected chi connectivity index (χ2v) is 5.64. The van der Waals surface area contributed by atoms with Gasteiger partial charge in [0.05, 0.1) is 0 Å². The summed E-state index contributed by atoms with van der Waals surface area (Å²) in [5.41, 5.74) is 5.51. The lowest BCUT2D eigenvalue weighted by molar-refractivity contribution is 0.473. The monoisotopic (exact) mass is 200 g/mol. The van der Waals surface area contributed by atoms with E-state index in [0.29, 0.717) is 5.41 Å². The van der Waals surface area contributed by atoms with E-state index in [1.54, 1.807) is 16.7 Å². The maximum absolute atomic E-state index is 2.53. The molecule has 0 aromatic rings. The van der Waals surface area contributed by atoms with Crippen LogP contribution in [-0.4, -0.2) is 0 Å². The quantitative estimate of drug-likeness (QED) is 0.508. The smallest absolute Gasteiger partial charge is 0.00762 e. The third-order valence-corrected chi connectivity index (χ3v) is 4.50. The number of fused-ring (bicyclic) bond motifs is 2. The Morgan fingerprint density at radius 2 is 2.13 bits per heavy atom. The molecule has 0 aromatic heterocycles. The van der Waals surface area contributed by atoms with Gasteiger partial charge in [-0.15, -0.1) is 0 Å². The summed E-state index contributed by atoms with van der Waals surface area (Å²) in [7, 11) is 0. The Morgan fingerprint density at radius 1 is 1.27 bits per heavy atom. The number of rotatable bonds is 0. The molecule has 15 heavy (non-hydrogen) atoms. The van der Waals surface area contributed by atoms with Crippen LogP contribution in [0.5, 0.6) is 0 Å². The second-order valence-electron chi connectivity index (χ2n) is 5.64. The number of hydrogen-bond acceptors (Lipinski definition) is 0. The molecule has 0 heterocycles. The molecule has 3 rings (SSSR count). The number of allylic oxidation sites excluding steroid dienone is 6. The molecule has 0 nitrogen and oxygen atoms in total. The molecular formula is C15H20. The molecule has 0 amide bonds. The fourth-order valence-electron chi connectivity index (χ4n) is 3.75. The van der Waals surface area contributed by atoms with E-state index in [1.165, 1.54) is 32.1 Å². The van der Waals surface area contributed by atoms with E-state index < -0.39 is 0 Å². The molecule has 0 fully saturated rings. The highest BCUT2D eigenvalue weighted by Crippen LogP contribution is 2.56. The predicted molar refractivity (Wildman–Crippen MR) is 64.6 cm³/mol. The second kappa shape index (κ2) is 3.10. The van der Waals surface area contributed by atoms with Crippen molar-refractivity contribution >= 4 is 0 Å². The molecule has 80 valence electrons. The zero-order valence-electron chi connectivity index (χ0n) is 9.84. The Labute approximate surface area is 92.8 Å². The standard InChI is InChI=1S/C15H20/c1-15(2)13-9-5-3-7-11(13)12-8-4-6-10-14(12)15/h3,7,10,12H,4-6,8-9H2,1-2H3. The lowest BCUT2D eigenvalue weighted by Crippen LogP contribution is -2.17. The molecular weight excluding hydrogens is 180 g/mol. The van der Waals surface area contributed by atoms with Crippen LogP contribution in [0.3, 0.4) is 0 Å². The fourth-order valence-corrected chi connectivity index (χ4v) is 3.75. The average Bonchev–Trinajstić information content (AvgIpc) is 2.51. The van der Waals surface area contributed by atoms with Gasteiger partial charge in [-0.1, -0.05) is 43.2 Å². The molecule has 1 atom stereocenters. The van der Waals surface area contributed by atoms with Gasteiger partial charge in [-0.05, 0) is 37.7 Å². The third kappa shape index (κ3) is 1.20. The van der Waals surface area contributed by atoms with E-state index in [-0.39, 0.29) is 0 Å². The predicted octanol–water partition coefficient (Wildman–Crippen LogP) is 4.40. The topological polar surface area (TPSA) is 0 Å². The molecule has 0 saturated carbocycles. The van der Waals surface area contributed by atoms with Crippen molar-refractivity contribution in [3.05, 3.63) is 34.9 Å². The molecule has 0 heteroatoms. The van der Waals surface area contributed by atoms with Gasteiger partial charge >= 0.3 is 0 Å². The van der Waals surface area contributed by atoms with Crippen LogP contribution in [0.15, 0.2) is 34.9 Å². The van der Waals surface area contributed by atoms with E-state index in [2.05, 4.69) is 32.1 Å². The van der Waals surface area contributed by atoms with Crippen LogP contribution in [0.25, 0.3) is 0 Å². The van der Waals surface area contributed by atoms with Gasteiger partial charge in [-0.2, -0.15) is 0 Å². The van der Waals surface area contributed by atoms with Gasteiger partial charge in [0.15, 0.2) is 0 Å². The molecule has 3 aliphatic carbocycles. The molecule has 0 radical (unpaired) electrons. The lowest BCUT2D eigenvalue weighted by atomic mass is 9.75. The average molecular weight is 200 g/mol. The summed E-state index contributed by atoms with van der Waals surface area (Å²) in [4.78, 5) is 0. The molecule has 1 unspecified atom stereocenters.